The molecule has 0 aliphatic heterocycles. The number of aromatic nitrogens is 5. The minimum absolute atomic E-state index is 0.0636. The van der Waals surface area contributed by atoms with Crippen molar-refractivity contribution in [3.63, 3.8) is 0 Å². The van der Waals surface area contributed by atoms with Gasteiger partial charge in [-0.3, -0.25) is 4.79 Å². The van der Waals surface area contributed by atoms with Gasteiger partial charge < -0.3 is 5.32 Å². The van der Waals surface area contributed by atoms with Gasteiger partial charge in [-0.1, -0.05) is 25.4 Å². The van der Waals surface area contributed by atoms with Crippen LogP contribution in [0.25, 0.3) is 16.8 Å². The fourth-order valence-corrected chi connectivity index (χ4v) is 4.48. The highest BCUT2D eigenvalue weighted by Crippen LogP contribution is 2.31. The average molecular weight is 485 g/mol. The zero-order valence-electron chi connectivity index (χ0n) is 18.3. The number of nitrogens with zero attached hydrogens (tertiary/aromatic N) is 5. The molecule has 1 N–H and O–H groups in total. The first-order chi connectivity index (χ1) is 15.8. The molecule has 0 aliphatic rings. The van der Waals surface area contributed by atoms with Gasteiger partial charge in [-0.15, -0.1) is 16.4 Å². The zero-order valence-corrected chi connectivity index (χ0v) is 19.9. The second-order valence-corrected chi connectivity index (χ2v) is 9.39. The van der Waals surface area contributed by atoms with E-state index in [0.29, 0.717) is 34.6 Å². The molecule has 33 heavy (non-hydrogen) atoms. The minimum atomic E-state index is -0.434. The molecule has 4 aromatic rings. The summed E-state index contributed by atoms with van der Waals surface area (Å²) in [6.07, 6.45) is 2.37. The topological polar surface area (TPSA) is 85.6 Å². The fraction of sp³-hybridized carbons (Fsp3) is 0.261. The molecular formula is C23H22ClFN6OS. The van der Waals surface area contributed by atoms with E-state index in [1.807, 2.05) is 32.2 Å². The summed E-state index contributed by atoms with van der Waals surface area (Å²) in [6, 6.07) is 9.34. The van der Waals surface area contributed by atoms with Crippen LogP contribution in [0.1, 0.15) is 47.9 Å². The number of nitrogens with one attached hydrogen (secondary N) is 1. The smallest absolute Gasteiger partial charge is 0.251 e. The Morgan fingerprint density at radius 3 is 2.73 bits per heavy atom. The highest BCUT2D eigenvalue weighted by atomic mass is 35.5. The SMILES string of the molecule is CC(Cc1nccs1)NC(=O)c1cc(-c2ccc(F)cc2Cl)cc(-n2nnnc2C(C)C)c1. The molecule has 0 aliphatic carbocycles. The van der Waals surface area contributed by atoms with E-state index in [1.54, 1.807) is 40.4 Å². The first kappa shape index (κ1) is 23.0. The van der Waals surface area contributed by atoms with Crippen LogP contribution in [0.15, 0.2) is 48.0 Å². The Morgan fingerprint density at radius 2 is 2.03 bits per heavy atom. The van der Waals surface area contributed by atoms with Crippen LogP contribution in [0, 0.1) is 5.82 Å². The van der Waals surface area contributed by atoms with Gasteiger partial charge in [-0.05, 0) is 59.3 Å². The average Bonchev–Trinajstić information content (AvgIpc) is 3.45. The van der Waals surface area contributed by atoms with Gasteiger partial charge in [-0.25, -0.2) is 9.37 Å². The largest absolute Gasteiger partial charge is 0.349 e. The number of amides is 1. The molecule has 7 nitrogen and oxygen atoms in total. The molecule has 2 aromatic carbocycles. The molecule has 170 valence electrons. The first-order valence-electron chi connectivity index (χ1n) is 10.4. The lowest BCUT2D eigenvalue weighted by Crippen LogP contribution is -2.34. The normalized spacial score (nSPS) is 12.2. The third kappa shape index (κ3) is 5.26. The molecule has 10 heteroatoms. The number of carbonyl (C=O) groups is 1. The van der Waals surface area contributed by atoms with Gasteiger partial charge in [0.05, 0.1) is 15.7 Å². The number of carbonyl (C=O) groups excluding carboxylic acids is 1. The molecule has 4 rings (SSSR count). The van der Waals surface area contributed by atoms with Gasteiger partial charge in [0.2, 0.25) is 0 Å². The summed E-state index contributed by atoms with van der Waals surface area (Å²) in [5, 5.41) is 18.1. The summed E-state index contributed by atoms with van der Waals surface area (Å²) >= 11 is 7.87. The molecule has 0 saturated carbocycles. The van der Waals surface area contributed by atoms with Crippen molar-refractivity contribution in [2.24, 2.45) is 0 Å². The van der Waals surface area contributed by atoms with Crippen LogP contribution in [-0.4, -0.2) is 37.1 Å². The van der Waals surface area contributed by atoms with E-state index in [4.69, 9.17) is 11.6 Å². The quantitative estimate of drug-likeness (QED) is 0.396. The van der Waals surface area contributed by atoms with Crippen LogP contribution in [0.3, 0.4) is 0 Å². The Hall–Kier alpha value is -3.17. The van der Waals surface area contributed by atoms with Gasteiger partial charge in [0.25, 0.3) is 5.91 Å². The van der Waals surface area contributed by atoms with Gasteiger partial charge in [0, 0.05) is 41.1 Å². The number of hydrogen-bond acceptors (Lipinski definition) is 6. The molecule has 0 saturated heterocycles. The van der Waals surface area contributed by atoms with Crippen LogP contribution in [0.2, 0.25) is 5.02 Å². The third-order valence-corrected chi connectivity index (χ3v) is 6.13. The summed E-state index contributed by atoms with van der Waals surface area (Å²) in [7, 11) is 0. The second-order valence-electron chi connectivity index (χ2n) is 8.00. The first-order valence-corrected chi connectivity index (χ1v) is 11.7. The number of hydrogen-bond donors (Lipinski definition) is 1. The number of benzene rings is 2. The summed E-state index contributed by atoms with van der Waals surface area (Å²) in [4.78, 5) is 17.4. The standard InChI is InChI=1S/C23H22ClFN6OS/c1-13(2)22-28-29-30-31(22)18-10-15(19-5-4-17(25)12-20(19)24)9-16(11-18)23(32)27-14(3)8-21-26-6-7-33-21/h4-7,9-14H,8H2,1-3H3,(H,27,32). The van der Waals surface area contributed by atoms with Crippen LogP contribution < -0.4 is 5.32 Å². The fourth-order valence-electron chi connectivity index (χ4n) is 3.46. The zero-order chi connectivity index (χ0) is 23.5. The van der Waals surface area contributed by atoms with Crippen molar-refractivity contribution in [1.82, 2.24) is 30.5 Å². The number of thiazole rings is 1. The number of rotatable bonds is 7. The number of halogens is 2. The predicted octanol–water partition coefficient (Wildman–Crippen LogP) is 5.06. The summed E-state index contributed by atoms with van der Waals surface area (Å²) in [6.45, 7) is 5.90. The Kier molecular flexibility index (Phi) is 6.80. The van der Waals surface area contributed by atoms with Crippen LogP contribution in [0.5, 0.6) is 0 Å². The molecule has 1 amide bonds. The van der Waals surface area contributed by atoms with E-state index in [-0.39, 0.29) is 22.9 Å². The van der Waals surface area contributed by atoms with Crippen molar-refractivity contribution in [2.75, 3.05) is 0 Å². The predicted molar refractivity (Wildman–Crippen MR) is 126 cm³/mol. The third-order valence-electron chi connectivity index (χ3n) is 5.02. The molecule has 0 fully saturated rings. The molecule has 1 unspecified atom stereocenters. The number of tetrazole rings is 1. The maximum Gasteiger partial charge on any atom is 0.251 e. The molecule has 1 atom stereocenters. The monoisotopic (exact) mass is 484 g/mol. The van der Waals surface area contributed by atoms with Crippen molar-refractivity contribution >= 4 is 28.8 Å². The molecule has 2 aromatic heterocycles. The van der Waals surface area contributed by atoms with Crippen molar-refractivity contribution < 1.29 is 9.18 Å². The molecule has 0 bridgehead atoms. The Balaban J connectivity index is 1.74. The minimum Gasteiger partial charge on any atom is -0.349 e. The van der Waals surface area contributed by atoms with E-state index in [2.05, 4.69) is 25.8 Å². The van der Waals surface area contributed by atoms with E-state index in [0.717, 1.165) is 5.01 Å². The van der Waals surface area contributed by atoms with Crippen molar-refractivity contribution in [1.29, 1.82) is 0 Å². The Labute approximate surface area is 199 Å². The molecule has 0 radical (unpaired) electrons. The van der Waals surface area contributed by atoms with Crippen molar-refractivity contribution in [3.05, 3.63) is 75.2 Å². The second kappa shape index (κ2) is 9.76. The summed E-state index contributed by atoms with van der Waals surface area (Å²) < 4.78 is 15.2. The van der Waals surface area contributed by atoms with Crippen LogP contribution in [0.4, 0.5) is 4.39 Å². The van der Waals surface area contributed by atoms with Gasteiger partial charge in [0.1, 0.15) is 5.82 Å². The van der Waals surface area contributed by atoms with Crippen molar-refractivity contribution in [3.8, 4) is 16.8 Å². The summed E-state index contributed by atoms with van der Waals surface area (Å²) in [5.41, 5.74) is 2.28. The van der Waals surface area contributed by atoms with E-state index >= 15 is 0 Å². The van der Waals surface area contributed by atoms with Crippen LogP contribution in [-0.2, 0) is 6.42 Å². The molecular weight excluding hydrogens is 463 g/mol. The maximum atomic E-state index is 13.6. The van der Waals surface area contributed by atoms with E-state index in [9.17, 15) is 9.18 Å². The molecule has 2 heterocycles. The highest BCUT2D eigenvalue weighted by molar-refractivity contribution is 7.09. The highest BCUT2D eigenvalue weighted by Gasteiger charge is 2.18. The van der Waals surface area contributed by atoms with Gasteiger partial charge in [-0.2, -0.15) is 4.68 Å². The Morgan fingerprint density at radius 1 is 1.21 bits per heavy atom. The van der Waals surface area contributed by atoms with Gasteiger partial charge >= 0.3 is 0 Å². The molecule has 0 spiro atoms. The van der Waals surface area contributed by atoms with Crippen molar-refractivity contribution in [2.45, 2.75) is 39.2 Å². The van der Waals surface area contributed by atoms with Gasteiger partial charge in [0.15, 0.2) is 5.82 Å². The lowest BCUT2D eigenvalue weighted by atomic mass is 10.0. The maximum absolute atomic E-state index is 13.6. The lowest BCUT2D eigenvalue weighted by molar-refractivity contribution is 0.0940. The van der Waals surface area contributed by atoms with E-state index in [1.165, 1.54) is 12.1 Å². The lowest BCUT2D eigenvalue weighted by Gasteiger charge is -2.15. The van der Waals surface area contributed by atoms with Crippen LogP contribution >= 0.6 is 22.9 Å². The van der Waals surface area contributed by atoms with E-state index < -0.39 is 5.82 Å². The summed E-state index contributed by atoms with van der Waals surface area (Å²) in [5.74, 6) is 0.0329. The Bertz CT molecular complexity index is 1270.